The largest absolute Gasteiger partial charge is 0.393 e. The van der Waals surface area contributed by atoms with E-state index in [-0.39, 0.29) is 25.3 Å². The SMILES string of the molecule is CC(C)C1CNC(CC(C)[C@H]2NCCC[C@@H]2C(F)(F)F)C1C(F)(F)F. The Kier molecular flexibility index (Phi) is 6.35. The number of hydrogen-bond donors (Lipinski definition) is 2. The van der Waals surface area contributed by atoms with Crippen LogP contribution in [0, 0.1) is 29.6 Å². The summed E-state index contributed by atoms with van der Waals surface area (Å²) in [5.41, 5.74) is 0. The summed E-state index contributed by atoms with van der Waals surface area (Å²) in [5, 5.41) is 5.85. The molecule has 0 aromatic carbocycles. The lowest BCUT2D eigenvalue weighted by Gasteiger charge is -2.39. The van der Waals surface area contributed by atoms with E-state index in [2.05, 4.69) is 10.6 Å². The summed E-state index contributed by atoms with van der Waals surface area (Å²) in [5.74, 6) is -4.13. The Hall–Kier alpha value is -0.500. The van der Waals surface area contributed by atoms with E-state index in [4.69, 9.17) is 0 Å². The van der Waals surface area contributed by atoms with Gasteiger partial charge >= 0.3 is 12.4 Å². The van der Waals surface area contributed by atoms with Gasteiger partial charge < -0.3 is 10.6 Å². The quantitative estimate of drug-likeness (QED) is 0.715. The first-order valence-electron chi connectivity index (χ1n) is 9.03. The highest BCUT2D eigenvalue weighted by molar-refractivity contribution is 4.98. The minimum Gasteiger partial charge on any atom is -0.313 e. The van der Waals surface area contributed by atoms with E-state index in [1.807, 2.05) is 0 Å². The number of hydrogen-bond acceptors (Lipinski definition) is 2. The van der Waals surface area contributed by atoms with Crippen molar-refractivity contribution in [1.29, 1.82) is 0 Å². The highest BCUT2D eigenvalue weighted by atomic mass is 19.4. The second-order valence-electron chi connectivity index (χ2n) is 7.97. The highest BCUT2D eigenvalue weighted by Gasteiger charge is 2.54. The first-order valence-corrected chi connectivity index (χ1v) is 9.03. The van der Waals surface area contributed by atoms with Crippen LogP contribution in [0.4, 0.5) is 26.3 Å². The van der Waals surface area contributed by atoms with Crippen molar-refractivity contribution in [2.75, 3.05) is 13.1 Å². The summed E-state index contributed by atoms with van der Waals surface area (Å²) in [6, 6.07) is -1.64. The lowest BCUT2D eigenvalue weighted by Crippen LogP contribution is -2.52. The van der Waals surface area contributed by atoms with Crippen LogP contribution in [0.3, 0.4) is 0 Å². The zero-order valence-corrected chi connectivity index (χ0v) is 14.8. The van der Waals surface area contributed by atoms with Crippen LogP contribution < -0.4 is 10.6 Å². The normalized spacial score (nSPS) is 36.0. The summed E-state index contributed by atoms with van der Waals surface area (Å²) < 4.78 is 80.4. The summed E-state index contributed by atoms with van der Waals surface area (Å²) in [6.45, 7) is 5.91. The van der Waals surface area contributed by atoms with Crippen molar-refractivity contribution in [1.82, 2.24) is 10.6 Å². The Labute approximate surface area is 145 Å². The van der Waals surface area contributed by atoms with Crippen LogP contribution in [-0.4, -0.2) is 37.5 Å². The lowest BCUT2D eigenvalue weighted by molar-refractivity contribution is -0.198. The number of alkyl halides is 6. The van der Waals surface area contributed by atoms with Crippen LogP contribution in [0.25, 0.3) is 0 Å². The highest BCUT2D eigenvalue weighted by Crippen LogP contribution is 2.44. The monoisotopic (exact) mass is 374 g/mol. The van der Waals surface area contributed by atoms with Crippen LogP contribution in [0.5, 0.6) is 0 Å². The Bertz CT molecular complexity index is 434. The summed E-state index contributed by atoms with van der Waals surface area (Å²) in [7, 11) is 0. The summed E-state index contributed by atoms with van der Waals surface area (Å²) in [4.78, 5) is 0. The van der Waals surface area contributed by atoms with E-state index in [1.165, 1.54) is 0 Å². The molecule has 0 aromatic heterocycles. The first kappa shape index (κ1) is 20.8. The van der Waals surface area contributed by atoms with E-state index in [1.54, 1.807) is 20.8 Å². The smallest absolute Gasteiger partial charge is 0.313 e. The fourth-order valence-electron chi connectivity index (χ4n) is 4.62. The molecule has 148 valence electrons. The van der Waals surface area contributed by atoms with Crippen molar-refractivity contribution in [3.05, 3.63) is 0 Å². The van der Waals surface area contributed by atoms with Gasteiger partial charge in [-0.3, -0.25) is 0 Å². The van der Waals surface area contributed by atoms with E-state index >= 15 is 0 Å². The Morgan fingerprint density at radius 1 is 0.960 bits per heavy atom. The molecule has 0 aromatic rings. The van der Waals surface area contributed by atoms with Crippen molar-refractivity contribution in [2.24, 2.45) is 29.6 Å². The van der Waals surface area contributed by atoms with Gasteiger partial charge in [-0.05, 0) is 50.1 Å². The van der Waals surface area contributed by atoms with Crippen molar-refractivity contribution in [3.63, 3.8) is 0 Å². The maximum absolute atomic E-state index is 13.5. The number of piperidine rings is 1. The Balaban J connectivity index is 2.11. The van der Waals surface area contributed by atoms with Crippen LogP contribution in [0.1, 0.15) is 40.0 Å². The van der Waals surface area contributed by atoms with Gasteiger partial charge in [0.15, 0.2) is 0 Å². The van der Waals surface area contributed by atoms with E-state index in [9.17, 15) is 26.3 Å². The Morgan fingerprint density at radius 3 is 2.12 bits per heavy atom. The third kappa shape index (κ3) is 4.81. The third-order valence-corrected chi connectivity index (χ3v) is 5.91. The molecule has 2 saturated heterocycles. The minimum atomic E-state index is -4.34. The molecule has 2 aliphatic heterocycles. The lowest BCUT2D eigenvalue weighted by atomic mass is 9.76. The molecule has 4 unspecified atom stereocenters. The van der Waals surface area contributed by atoms with Crippen molar-refractivity contribution >= 4 is 0 Å². The number of nitrogens with one attached hydrogen (secondary N) is 2. The molecule has 0 aliphatic carbocycles. The second kappa shape index (κ2) is 7.62. The van der Waals surface area contributed by atoms with Crippen molar-refractivity contribution in [3.8, 4) is 0 Å². The molecule has 0 bridgehead atoms. The summed E-state index contributed by atoms with van der Waals surface area (Å²) >= 11 is 0. The standard InChI is InChI=1S/C17H28F6N2/c1-9(2)11-8-25-13(14(11)17(21,22)23)7-10(3)15-12(16(18,19)20)5-4-6-24-15/h9-15,24-25H,4-8H2,1-3H3/t10?,11?,12-,13?,14?,15+/m0/s1. The van der Waals surface area contributed by atoms with Crippen LogP contribution >= 0.6 is 0 Å². The molecule has 2 rings (SSSR count). The molecule has 25 heavy (non-hydrogen) atoms. The predicted molar refractivity (Wildman–Crippen MR) is 84.0 cm³/mol. The van der Waals surface area contributed by atoms with Gasteiger partial charge in [0, 0.05) is 12.1 Å². The molecular weight excluding hydrogens is 346 g/mol. The van der Waals surface area contributed by atoms with Gasteiger partial charge in [0.05, 0.1) is 11.8 Å². The van der Waals surface area contributed by atoms with Gasteiger partial charge in [0.25, 0.3) is 0 Å². The number of rotatable bonds is 4. The van der Waals surface area contributed by atoms with Gasteiger partial charge in [0.2, 0.25) is 0 Å². The molecule has 2 nitrogen and oxygen atoms in total. The molecule has 8 heteroatoms. The second-order valence-corrected chi connectivity index (χ2v) is 7.97. The summed E-state index contributed by atoms with van der Waals surface area (Å²) in [6.07, 6.45) is -8.08. The Morgan fingerprint density at radius 2 is 1.60 bits per heavy atom. The molecule has 0 spiro atoms. The maximum Gasteiger partial charge on any atom is 0.393 e. The topological polar surface area (TPSA) is 24.1 Å². The molecule has 2 N–H and O–H groups in total. The van der Waals surface area contributed by atoms with Gasteiger partial charge in [-0.1, -0.05) is 20.8 Å². The van der Waals surface area contributed by atoms with Gasteiger partial charge in [-0.2, -0.15) is 26.3 Å². The molecule has 2 heterocycles. The van der Waals surface area contributed by atoms with Crippen LogP contribution in [-0.2, 0) is 0 Å². The third-order valence-electron chi connectivity index (χ3n) is 5.91. The zero-order chi connectivity index (χ0) is 19.0. The minimum absolute atomic E-state index is 0.0426. The first-order chi connectivity index (χ1) is 11.4. The van der Waals surface area contributed by atoms with Crippen molar-refractivity contribution in [2.45, 2.75) is 64.5 Å². The molecule has 6 atom stereocenters. The predicted octanol–water partition coefficient (Wildman–Crippen LogP) is 4.37. The van der Waals surface area contributed by atoms with E-state index in [0.29, 0.717) is 13.0 Å². The van der Waals surface area contributed by atoms with Crippen LogP contribution in [0.2, 0.25) is 0 Å². The average Bonchev–Trinajstić information content (AvgIpc) is 2.90. The molecule has 0 amide bonds. The molecule has 0 radical (unpaired) electrons. The molecule has 2 aliphatic rings. The van der Waals surface area contributed by atoms with Gasteiger partial charge in [0.1, 0.15) is 0 Å². The van der Waals surface area contributed by atoms with Crippen molar-refractivity contribution < 1.29 is 26.3 Å². The zero-order valence-electron chi connectivity index (χ0n) is 14.8. The van der Waals surface area contributed by atoms with E-state index in [0.717, 1.165) is 0 Å². The maximum atomic E-state index is 13.5. The average molecular weight is 374 g/mol. The van der Waals surface area contributed by atoms with Crippen LogP contribution in [0.15, 0.2) is 0 Å². The van der Waals surface area contributed by atoms with Gasteiger partial charge in [-0.25, -0.2) is 0 Å². The molecule has 0 saturated carbocycles. The molecular formula is C17H28F6N2. The van der Waals surface area contributed by atoms with Gasteiger partial charge in [-0.15, -0.1) is 0 Å². The fourth-order valence-corrected chi connectivity index (χ4v) is 4.62. The molecule has 2 fully saturated rings. The number of halogens is 6. The fraction of sp³-hybridized carbons (Fsp3) is 1.00. The van der Waals surface area contributed by atoms with E-state index < -0.39 is 48.1 Å².